The number of aryl methyl sites for hydroxylation is 2. The number of aliphatic hydroxyl groups excluding tert-OH is 1. The Morgan fingerprint density at radius 2 is 2.08 bits per heavy atom. The highest BCUT2D eigenvalue weighted by Gasteiger charge is 2.24. The summed E-state index contributed by atoms with van der Waals surface area (Å²) in [5.74, 6) is 0.264. The number of rotatable bonds is 6. The van der Waals surface area contributed by atoms with E-state index < -0.39 is 16.1 Å². The molecule has 0 saturated heterocycles. The molecule has 0 bridgehead atoms. The lowest BCUT2D eigenvalue weighted by molar-refractivity contribution is 0.228. The van der Waals surface area contributed by atoms with E-state index in [1.807, 2.05) is 29.6 Å². The van der Waals surface area contributed by atoms with Crippen molar-refractivity contribution in [1.82, 2.24) is 9.88 Å². The summed E-state index contributed by atoms with van der Waals surface area (Å²) in [4.78, 5) is 2.54. The van der Waals surface area contributed by atoms with E-state index in [0.29, 0.717) is 5.69 Å². The van der Waals surface area contributed by atoms with Gasteiger partial charge in [0.15, 0.2) is 5.76 Å². The Morgan fingerprint density at radius 1 is 1.29 bits per heavy atom. The lowest BCUT2D eigenvalue weighted by atomic mass is 10.2. The van der Waals surface area contributed by atoms with Crippen LogP contribution in [-0.2, 0) is 16.6 Å². The van der Waals surface area contributed by atoms with Gasteiger partial charge in [0.2, 0.25) is 10.0 Å². The van der Waals surface area contributed by atoms with Crippen LogP contribution in [0.1, 0.15) is 32.2 Å². The van der Waals surface area contributed by atoms with E-state index in [9.17, 15) is 13.5 Å². The molecule has 3 aromatic rings. The fraction of sp³-hybridized carbons (Fsp3) is 0.267. The predicted octanol–water partition coefficient (Wildman–Crippen LogP) is 2.97. The minimum Gasteiger partial charge on any atom is -0.382 e. The first kappa shape index (κ1) is 17.3. The molecule has 9 heteroatoms. The topological polar surface area (TPSA) is 92.4 Å². The number of aliphatic hydroxyl groups is 1. The Labute approximate surface area is 147 Å². The molecule has 0 saturated carbocycles. The quantitative estimate of drug-likeness (QED) is 0.682. The smallest absolute Gasteiger partial charge is 0.246 e. The number of hydrogen-bond acceptors (Lipinski definition) is 7. The van der Waals surface area contributed by atoms with Gasteiger partial charge in [0.05, 0.1) is 0 Å². The van der Waals surface area contributed by atoms with Crippen LogP contribution in [0.25, 0.3) is 0 Å². The molecule has 0 aliphatic heterocycles. The molecule has 3 aromatic heterocycles. The van der Waals surface area contributed by atoms with Crippen molar-refractivity contribution in [3.8, 4) is 0 Å². The maximum atomic E-state index is 12.4. The van der Waals surface area contributed by atoms with Gasteiger partial charge in [0, 0.05) is 21.2 Å². The molecule has 24 heavy (non-hydrogen) atoms. The Kier molecular flexibility index (Phi) is 4.88. The molecule has 0 aliphatic rings. The second-order valence-electron chi connectivity index (χ2n) is 5.20. The summed E-state index contributed by atoms with van der Waals surface area (Å²) < 4.78 is 32.2. The van der Waals surface area contributed by atoms with Gasteiger partial charge in [-0.05, 0) is 37.4 Å². The zero-order chi connectivity index (χ0) is 17.3. The van der Waals surface area contributed by atoms with Crippen molar-refractivity contribution in [2.24, 2.45) is 0 Å². The highest BCUT2D eigenvalue weighted by atomic mass is 32.2. The summed E-state index contributed by atoms with van der Waals surface area (Å²) in [6, 6.07) is 7.38. The summed E-state index contributed by atoms with van der Waals surface area (Å²) in [5, 5.41) is 15.9. The number of thiophene rings is 2. The van der Waals surface area contributed by atoms with Crippen molar-refractivity contribution in [2.75, 3.05) is 0 Å². The summed E-state index contributed by atoms with van der Waals surface area (Å²) in [7, 11) is -3.69. The lowest BCUT2D eigenvalue weighted by Crippen LogP contribution is -2.23. The molecule has 0 aromatic carbocycles. The first-order chi connectivity index (χ1) is 11.4. The average molecular weight is 385 g/mol. The van der Waals surface area contributed by atoms with Crippen LogP contribution < -0.4 is 4.72 Å². The number of aromatic nitrogens is 1. The lowest BCUT2D eigenvalue weighted by Gasteiger charge is -2.06. The van der Waals surface area contributed by atoms with E-state index >= 15 is 0 Å². The van der Waals surface area contributed by atoms with Crippen molar-refractivity contribution in [3.63, 3.8) is 0 Å². The normalized spacial score (nSPS) is 13.3. The van der Waals surface area contributed by atoms with E-state index in [1.54, 1.807) is 13.8 Å². The molecular formula is C15H16N2O4S3. The number of nitrogens with zero attached hydrogens (tertiary/aromatic N) is 1. The molecule has 128 valence electrons. The minimum atomic E-state index is -3.69. The van der Waals surface area contributed by atoms with Gasteiger partial charge < -0.3 is 9.63 Å². The van der Waals surface area contributed by atoms with Gasteiger partial charge in [0.1, 0.15) is 16.7 Å². The molecule has 1 unspecified atom stereocenters. The van der Waals surface area contributed by atoms with Gasteiger partial charge in [-0.15, -0.1) is 22.7 Å². The fourth-order valence-electron chi connectivity index (χ4n) is 2.32. The molecule has 0 radical (unpaired) electrons. The summed E-state index contributed by atoms with van der Waals surface area (Å²) in [6.07, 6.45) is -0.678. The van der Waals surface area contributed by atoms with Crippen LogP contribution in [0.3, 0.4) is 0 Å². The van der Waals surface area contributed by atoms with E-state index in [1.165, 1.54) is 22.7 Å². The molecule has 6 nitrogen and oxygen atoms in total. The van der Waals surface area contributed by atoms with Crippen LogP contribution in [0.15, 0.2) is 39.1 Å². The van der Waals surface area contributed by atoms with Gasteiger partial charge in [-0.3, -0.25) is 0 Å². The third kappa shape index (κ3) is 3.45. The molecule has 2 N–H and O–H groups in total. The minimum absolute atomic E-state index is 0.0814. The van der Waals surface area contributed by atoms with E-state index in [4.69, 9.17) is 4.52 Å². The largest absolute Gasteiger partial charge is 0.382 e. The van der Waals surface area contributed by atoms with Crippen molar-refractivity contribution >= 4 is 32.7 Å². The molecule has 0 aliphatic carbocycles. The monoisotopic (exact) mass is 384 g/mol. The van der Waals surface area contributed by atoms with E-state index in [2.05, 4.69) is 9.88 Å². The van der Waals surface area contributed by atoms with Crippen LogP contribution in [0.5, 0.6) is 0 Å². The first-order valence-corrected chi connectivity index (χ1v) is 10.3. The number of nitrogens with one attached hydrogen (secondary N) is 1. The molecule has 1 atom stereocenters. The second-order valence-corrected chi connectivity index (χ2v) is 9.08. The Bertz CT molecular complexity index is 906. The fourth-order valence-corrected chi connectivity index (χ4v) is 5.50. The summed E-state index contributed by atoms with van der Waals surface area (Å²) in [5.41, 5.74) is 0.333. The number of hydrogen-bond donors (Lipinski definition) is 2. The van der Waals surface area contributed by atoms with Crippen molar-refractivity contribution < 1.29 is 18.0 Å². The summed E-state index contributed by atoms with van der Waals surface area (Å²) in [6.45, 7) is 3.30. The Hall–Kier alpha value is -1.52. The molecular weight excluding hydrogens is 368 g/mol. The van der Waals surface area contributed by atoms with Gasteiger partial charge in [-0.1, -0.05) is 11.2 Å². The van der Waals surface area contributed by atoms with Gasteiger partial charge in [-0.2, -0.15) is 0 Å². The molecule has 0 spiro atoms. The molecule has 3 rings (SSSR count). The standard InChI is InChI=1S/C15H16N2O4S3/c1-9-15(10(2)21-17-9)24(19,20)16-8-11-5-6-13(23-11)14(18)12-4-3-7-22-12/h3-7,14,16,18H,8H2,1-2H3. The average Bonchev–Trinajstić information content (AvgIpc) is 3.25. The van der Waals surface area contributed by atoms with Gasteiger partial charge in [-0.25, -0.2) is 13.1 Å². The maximum absolute atomic E-state index is 12.4. The Balaban J connectivity index is 1.72. The third-order valence-electron chi connectivity index (χ3n) is 3.44. The molecule has 0 amide bonds. The van der Waals surface area contributed by atoms with Crippen LogP contribution in [0.4, 0.5) is 0 Å². The van der Waals surface area contributed by atoms with Crippen molar-refractivity contribution in [3.05, 3.63) is 55.7 Å². The van der Waals surface area contributed by atoms with E-state index in [0.717, 1.165) is 14.6 Å². The second kappa shape index (κ2) is 6.77. The van der Waals surface area contributed by atoms with Crippen LogP contribution in [0, 0.1) is 13.8 Å². The number of sulfonamides is 1. The van der Waals surface area contributed by atoms with Gasteiger partial charge >= 0.3 is 0 Å². The summed E-state index contributed by atoms with van der Waals surface area (Å²) >= 11 is 2.86. The Morgan fingerprint density at radius 3 is 2.71 bits per heavy atom. The maximum Gasteiger partial charge on any atom is 0.246 e. The predicted molar refractivity (Wildman–Crippen MR) is 92.7 cm³/mol. The van der Waals surface area contributed by atoms with Crippen LogP contribution in [-0.4, -0.2) is 18.7 Å². The molecule has 0 fully saturated rings. The first-order valence-electron chi connectivity index (χ1n) is 7.11. The van der Waals surface area contributed by atoms with Crippen LogP contribution in [0.2, 0.25) is 0 Å². The van der Waals surface area contributed by atoms with E-state index in [-0.39, 0.29) is 17.2 Å². The van der Waals surface area contributed by atoms with Crippen LogP contribution >= 0.6 is 22.7 Å². The van der Waals surface area contributed by atoms with Crippen molar-refractivity contribution in [2.45, 2.75) is 31.4 Å². The van der Waals surface area contributed by atoms with Crippen molar-refractivity contribution in [1.29, 1.82) is 0 Å². The SMILES string of the molecule is Cc1noc(C)c1S(=O)(=O)NCc1ccc(C(O)c2cccs2)s1. The highest BCUT2D eigenvalue weighted by Crippen LogP contribution is 2.31. The third-order valence-corrected chi connectivity index (χ3v) is 7.14. The highest BCUT2D eigenvalue weighted by molar-refractivity contribution is 7.89. The zero-order valence-corrected chi connectivity index (χ0v) is 15.5. The zero-order valence-electron chi connectivity index (χ0n) is 13.0. The molecule has 3 heterocycles. The van der Waals surface area contributed by atoms with Gasteiger partial charge in [0.25, 0.3) is 0 Å².